The third-order valence-corrected chi connectivity index (χ3v) is 2.48. The Hall–Kier alpha value is -0.0700. The first-order valence-corrected chi connectivity index (χ1v) is 5.68. The van der Waals surface area contributed by atoms with Crippen molar-refractivity contribution in [1.29, 1.82) is 0 Å². The fraction of sp³-hybridized carbons (Fsp3) is 1.00. The van der Waals surface area contributed by atoms with E-state index >= 15 is 0 Å². The van der Waals surface area contributed by atoms with Gasteiger partial charge in [-0.1, -0.05) is 53.4 Å². The Morgan fingerprint density at radius 3 is 1.85 bits per heavy atom. The first kappa shape index (κ1) is 12.9. The molecule has 0 N–H and O–H groups in total. The van der Waals surface area contributed by atoms with Crippen LogP contribution in [0.25, 0.3) is 0 Å². The molecule has 1 atom stereocenters. The standard InChI is InChI=1S/C12H25F/c1-10(2)8-6-5-7-9-12(13)11(3)4/h10-12H,5-9H2,1-4H3/t12-/m0/s1. The second-order valence-electron chi connectivity index (χ2n) is 4.79. The monoisotopic (exact) mass is 188 g/mol. The predicted octanol–water partition coefficient (Wildman–Crippen LogP) is 4.59. The quantitative estimate of drug-likeness (QED) is 0.513. The summed E-state index contributed by atoms with van der Waals surface area (Å²) in [5, 5.41) is 0. The fourth-order valence-corrected chi connectivity index (χ4v) is 1.40. The normalized spacial score (nSPS) is 14.1. The minimum absolute atomic E-state index is 0.199. The highest BCUT2D eigenvalue weighted by atomic mass is 19.1. The maximum atomic E-state index is 13.1. The smallest absolute Gasteiger partial charge is 0.102 e. The number of rotatable bonds is 7. The zero-order valence-corrected chi connectivity index (χ0v) is 9.65. The number of hydrogen-bond donors (Lipinski definition) is 0. The largest absolute Gasteiger partial charge is 0.247 e. The molecule has 0 saturated heterocycles. The molecule has 0 saturated carbocycles. The molecule has 0 spiro atoms. The van der Waals surface area contributed by atoms with Gasteiger partial charge in [0.15, 0.2) is 0 Å². The zero-order chi connectivity index (χ0) is 10.3. The van der Waals surface area contributed by atoms with Gasteiger partial charge in [-0.05, 0) is 18.3 Å². The molecule has 0 aromatic carbocycles. The van der Waals surface area contributed by atoms with Crippen molar-refractivity contribution in [2.24, 2.45) is 11.8 Å². The van der Waals surface area contributed by atoms with Gasteiger partial charge in [-0.3, -0.25) is 0 Å². The van der Waals surface area contributed by atoms with Crippen LogP contribution >= 0.6 is 0 Å². The van der Waals surface area contributed by atoms with Gasteiger partial charge in [0, 0.05) is 0 Å². The van der Waals surface area contributed by atoms with Gasteiger partial charge in [-0.25, -0.2) is 4.39 Å². The van der Waals surface area contributed by atoms with Crippen LogP contribution in [-0.2, 0) is 0 Å². The summed E-state index contributed by atoms with van der Waals surface area (Å²) in [7, 11) is 0. The highest BCUT2D eigenvalue weighted by Crippen LogP contribution is 2.16. The molecule has 0 unspecified atom stereocenters. The van der Waals surface area contributed by atoms with Crippen molar-refractivity contribution in [1.82, 2.24) is 0 Å². The van der Waals surface area contributed by atoms with Gasteiger partial charge < -0.3 is 0 Å². The van der Waals surface area contributed by atoms with Crippen LogP contribution in [0.4, 0.5) is 4.39 Å². The summed E-state index contributed by atoms with van der Waals surface area (Å²) in [4.78, 5) is 0. The van der Waals surface area contributed by atoms with E-state index in [1.807, 2.05) is 13.8 Å². The molecule has 0 nitrogen and oxygen atoms in total. The van der Waals surface area contributed by atoms with Crippen molar-refractivity contribution in [3.05, 3.63) is 0 Å². The lowest BCUT2D eigenvalue weighted by Gasteiger charge is -2.11. The van der Waals surface area contributed by atoms with Gasteiger partial charge in [0.25, 0.3) is 0 Å². The topological polar surface area (TPSA) is 0 Å². The van der Waals surface area contributed by atoms with Crippen molar-refractivity contribution in [3.8, 4) is 0 Å². The summed E-state index contributed by atoms with van der Waals surface area (Å²) in [6, 6.07) is 0. The molecule has 0 fully saturated rings. The minimum Gasteiger partial charge on any atom is -0.247 e. The summed E-state index contributed by atoms with van der Waals surface area (Å²) < 4.78 is 13.1. The molecule has 0 rings (SSSR count). The van der Waals surface area contributed by atoms with Crippen LogP contribution in [0.15, 0.2) is 0 Å². The SMILES string of the molecule is CC(C)CCCCC[C@H](F)C(C)C. The molecule has 0 aliphatic rings. The number of halogens is 1. The van der Waals surface area contributed by atoms with E-state index in [0.717, 1.165) is 18.8 Å². The average Bonchev–Trinajstić information content (AvgIpc) is 2.02. The lowest BCUT2D eigenvalue weighted by molar-refractivity contribution is 0.233. The highest BCUT2D eigenvalue weighted by molar-refractivity contribution is 4.60. The van der Waals surface area contributed by atoms with Gasteiger partial charge >= 0.3 is 0 Å². The molecule has 0 aromatic heterocycles. The number of hydrogen-bond acceptors (Lipinski definition) is 0. The van der Waals surface area contributed by atoms with E-state index in [0.29, 0.717) is 0 Å². The van der Waals surface area contributed by atoms with E-state index in [1.165, 1.54) is 19.3 Å². The summed E-state index contributed by atoms with van der Waals surface area (Å²) in [5.74, 6) is 0.997. The Morgan fingerprint density at radius 1 is 0.846 bits per heavy atom. The van der Waals surface area contributed by atoms with Crippen LogP contribution in [0.5, 0.6) is 0 Å². The van der Waals surface area contributed by atoms with Gasteiger partial charge in [0.1, 0.15) is 6.17 Å². The molecular formula is C12H25F. The van der Waals surface area contributed by atoms with Crippen LogP contribution < -0.4 is 0 Å². The molecule has 0 heterocycles. The van der Waals surface area contributed by atoms with E-state index in [-0.39, 0.29) is 5.92 Å². The van der Waals surface area contributed by atoms with Gasteiger partial charge in [-0.2, -0.15) is 0 Å². The van der Waals surface area contributed by atoms with E-state index in [2.05, 4.69) is 13.8 Å². The zero-order valence-electron chi connectivity index (χ0n) is 9.65. The number of unbranched alkanes of at least 4 members (excludes halogenated alkanes) is 2. The second kappa shape index (κ2) is 7.34. The van der Waals surface area contributed by atoms with E-state index in [4.69, 9.17) is 0 Å². The fourth-order valence-electron chi connectivity index (χ4n) is 1.40. The summed E-state index contributed by atoms with van der Waals surface area (Å²) in [5.41, 5.74) is 0. The third-order valence-electron chi connectivity index (χ3n) is 2.48. The van der Waals surface area contributed by atoms with Crippen LogP contribution in [0.1, 0.15) is 59.8 Å². The Labute approximate surface area is 82.9 Å². The molecule has 0 aromatic rings. The van der Waals surface area contributed by atoms with Gasteiger partial charge in [0.2, 0.25) is 0 Å². The van der Waals surface area contributed by atoms with E-state index < -0.39 is 6.17 Å². The molecule has 13 heavy (non-hydrogen) atoms. The van der Waals surface area contributed by atoms with Crippen LogP contribution in [0.3, 0.4) is 0 Å². The summed E-state index contributed by atoms with van der Waals surface area (Å²) in [6.45, 7) is 8.40. The first-order chi connectivity index (χ1) is 6.04. The van der Waals surface area contributed by atoms with Crippen LogP contribution in [0.2, 0.25) is 0 Å². The molecular weight excluding hydrogens is 163 g/mol. The molecule has 1 heteroatoms. The molecule has 0 aliphatic carbocycles. The van der Waals surface area contributed by atoms with Crippen molar-refractivity contribution in [2.45, 2.75) is 66.0 Å². The highest BCUT2D eigenvalue weighted by Gasteiger charge is 2.10. The average molecular weight is 188 g/mol. The molecule has 0 radical (unpaired) electrons. The molecule has 0 aliphatic heterocycles. The minimum atomic E-state index is -0.584. The first-order valence-electron chi connectivity index (χ1n) is 5.68. The van der Waals surface area contributed by atoms with Crippen LogP contribution in [-0.4, -0.2) is 6.17 Å². The van der Waals surface area contributed by atoms with E-state index in [9.17, 15) is 4.39 Å². The maximum Gasteiger partial charge on any atom is 0.102 e. The Balaban J connectivity index is 3.16. The molecule has 0 amide bonds. The Morgan fingerprint density at radius 2 is 1.38 bits per heavy atom. The van der Waals surface area contributed by atoms with E-state index in [1.54, 1.807) is 0 Å². The lowest BCUT2D eigenvalue weighted by Crippen LogP contribution is -2.08. The second-order valence-corrected chi connectivity index (χ2v) is 4.79. The molecule has 80 valence electrons. The molecule has 0 bridgehead atoms. The Kier molecular flexibility index (Phi) is 7.31. The van der Waals surface area contributed by atoms with Crippen molar-refractivity contribution in [3.63, 3.8) is 0 Å². The van der Waals surface area contributed by atoms with Crippen molar-refractivity contribution >= 4 is 0 Å². The predicted molar refractivity (Wildman–Crippen MR) is 57.7 cm³/mol. The number of alkyl halides is 1. The van der Waals surface area contributed by atoms with Gasteiger partial charge in [-0.15, -0.1) is 0 Å². The van der Waals surface area contributed by atoms with Crippen molar-refractivity contribution in [2.75, 3.05) is 0 Å². The maximum absolute atomic E-state index is 13.1. The van der Waals surface area contributed by atoms with Crippen LogP contribution in [0, 0.1) is 11.8 Å². The summed E-state index contributed by atoms with van der Waals surface area (Å²) >= 11 is 0. The van der Waals surface area contributed by atoms with Gasteiger partial charge in [0.05, 0.1) is 0 Å². The third kappa shape index (κ3) is 8.27. The van der Waals surface area contributed by atoms with Crippen molar-refractivity contribution < 1.29 is 4.39 Å². The lowest BCUT2D eigenvalue weighted by atomic mass is 10.00. The Bertz CT molecular complexity index is 108. The summed E-state index contributed by atoms with van der Waals surface area (Å²) in [6.07, 6.45) is 4.99.